The van der Waals surface area contributed by atoms with Crippen LogP contribution in [0.25, 0.3) is 0 Å². The fourth-order valence-corrected chi connectivity index (χ4v) is 3.10. The van der Waals surface area contributed by atoms with E-state index in [0.717, 1.165) is 24.8 Å². The molecule has 0 saturated carbocycles. The summed E-state index contributed by atoms with van der Waals surface area (Å²) >= 11 is 0. The molecule has 0 aliphatic carbocycles. The van der Waals surface area contributed by atoms with Crippen molar-refractivity contribution < 1.29 is 19.1 Å². The third kappa shape index (κ3) is 7.26. The summed E-state index contributed by atoms with van der Waals surface area (Å²) in [6.07, 6.45) is 4.37. The molecule has 1 saturated heterocycles. The summed E-state index contributed by atoms with van der Waals surface area (Å²) in [7, 11) is 0. The van der Waals surface area contributed by atoms with Gasteiger partial charge in [0.15, 0.2) is 6.61 Å². The average Bonchev–Trinajstić information content (AvgIpc) is 2.83. The van der Waals surface area contributed by atoms with Crippen molar-refractivity contribution in [1.82, 2.24) is 15.6 Å². The predicted molar refractivity (Wildman–Crippen MR) is 116 cm³/mol. The first kappa shape index (κ1) is 22.0. The molecule has 0 bridgehead atoms. The van der Waals surface area contributed by atoms with E-state index in [2.05, 4.69) is 15.8 Å². The summed E-state index contributed by atoms with van der Waals surface area (Å²) in [6.45, 7) is 1.59. The number of rotatable bonds is 7. The van der Waals surface area contributed by atoms with Crippen LogP contribution < -0.4 is 15.5 Å². The Balaban J connectivity index is 1.38. The van der Waals surface area contributed by atoms with Crippen molar-refractivity contribution in [1.29, 1.82) is 0 Å². The van der Waals surface area contributed by atoms with Crippen molar-refractivity contribution in [3.05, 3.63) is 65.7 Å². The molecule has 0 atom stereocenters. The summed E-state index contributed by atoms with van der Waals surface area (Å²) < 4.78 is 5.48. The molecule has 0 aromatic heterocycles. The van der Waals surface area contributed by atoms with Crippen LogP contribution in [-0.4, -0.2) is 48.5 Å². The standard InChI is InChI=1S/C23H26N4O4/c28-21(24-15-18-7-3-1-4-8-18)17-31-20-11-9-19(10-12-20)16-25-26-22(29)23(30)27-13-5-2-6-14-27/h1,3-4,7-12,16H,2,5-6,13-15,17H2,(H,24,28)(H,26,29)/b25-16-. The maximum atomic E-state index is 12.0. The predicted octanol–water partition coefficient (Wildman–Crippen LogP) is 1.84. The van der Waals surface area contributed by atoms with E-state index in [9.17, 15) is 14.4 Å². The Bertz CT molecular complexity index is 907. The Hall–Kier alpha value is -3.68. The second-order valence-electron chi connectivity index (χ2n) is 7.17. The number of nitrogens with zero attached hydrogens (tertiary/aromatic N) is 2. The van der Waals surface area contributed by atoms with Gasteiger partial charge >= 0.3 is 11.8 Å². The van der Waals surface area contributed by atoms with Crippen LogP contribution in [0.2, 0.25) is 0 Å². The number of ether oxygens (including phenoxy) is 1. The topological polar surface area (TPSA) is 100 Å². The zero-order chi connectivity index (χ0) is 21.9. The SMILES string of the molecule is O=C(COc1ccc(/C=N\NC(=O)C(=O)N2CCCCC2)cc1)NCc1ccccc1. The Kier molecular flexibility index (Phi) is 8.16. The van der Waals surface area contributed by atoms with Gasteiger partial charge in [-0.2, -0.15) is 5.10 Å². The van der Waals surface area contributed by atoms with E-state index >= 15 is 0 Å². The summed E-state index contributed by atoms with van der Waals surface area (Å²) in [4.78, 5) is 37.4. The fraction of sp³-hybridized carbons (Fsp3) is 0.304. The molecule has 2 N–H and O–H groups in total. The number of amides is 3. The highest BCUT2D eigenvalue weighted by Crippen LogP contribution is 2.11. The number of nitrogens with one attached hydrogen (secondary N) is 2. The van der Waals surface area contributed by atoms with E-state index in [1.807, 2.05) is 30.3 Å². The van der Waals surface area contributed by atoms with Crippen molar-refractivity contribution in [3.8, 4) is 5.75 Å². The van der Waals surface area contributed by atoms with Gasteiger partial charge < -0.3 is 15.0 Å². The molecule has 1 aliphatic heterocycles. The van der Waals surface area contributed by atoms with Crippen molar-refractivity contribution in [3.63, 3.8) is 0 Å². The van der Waals surface area contributed by atoms with Crippen LogP contribution in [0.5, 0.6) is 5.75 Å². The maximum absolute atomic E-state index is 12.0. The first-order valence-corrected chi connectivity index (χ1v) is 10.3. The van der Waals surface area contributed by atoms with E-state index in [-0.39, 0.29) is 12.5 Å². The van der Waals surface area contributed by atoms with Crippen LogP contribution in [0.1, 0.15) is 30.4 Å². The summed E-state index contributed by atoms with van der Waals surface area (Å²) in [5, 5.41) is 6.63. The Morgan fingerprint density at radius 3 is 2.39 bits per heavy atom. The van der Waals surface area contributed by atoms with Crippen LogP contribution >= 0.6 is 0 Å². The second-order valence-corrected chi connectivity index (χ2v) is 7.17. The van der Waals surface area contributed by atoms with Gasteiger partial charge in [0.2, 0.25) is 0 Å². The van der Waals surface area contributed by atoms with Gasteiger partial charge in [-0.05, 0) is 54.7 Å². The number of piperidine rings is 1. The Labute approximate surface area is 181 Å². The van der Waals surface area contributed by atoms with Crippen LogP contribution in [0, 0.1) is 0 Å². The fourth-order valence-electron chi connectivity index (χ4n) is 3.10. The van der Waals surface area contributed by atoms with Gasteiger partial charge in [0.25, 0.3) is 5.91 Å². The Morgan fingerprint density at radius 2 is 1.68 bits per heavy atom. The minimum absolute atomic E-state index is 0.0884. The third-order valence-corrected chi connectivity index (χ3v) is 4.80. The van der Waals surface area contributed by atoms with Gasteiger partial charge in [-0.25, -0.2) is 5.43 Å². The lowest BCUT2D eigenvalue weighted by Gasteiger charge is -2.25. The number of carbonyl (C=O) groups excluding carboxylic acids is 3. The highest BCUT2D eigenvalue weighted by Gasteiger charge is 2.22. The van der Waals surface area contributed by atoms with Crippen molar-refractivity contribution in [2.45, 2.75) is 25.8 Å². The number of hydrogen-bond donors (Lipinski definition) is 2. The van der Waals surface area contributed by atoms with E-state index in [1.54, 1.807) is 29.2 Å². The summed E-state index contributed by atoms with van der Waals surface area (Å²) in [5.74, 6) is -0.961. The molecular formula is C23H26N4O4. The molecule has 2 aromatic carbocycles. The summed E-state index contributed by atoms with van der Waals surface area (Å²) in [6, 6.07) is 16.5. The first-order chi connectivity index (χ1) is 15.1. The highest BCUT2D eigenvalue weighted by atomic mass is 16.5. The quantitative estimate of drug-likeness (QED) is 0.404. The minimum Gasteiger partial charge on any atom is -0.484 e. The Morgan fingerprint density at radius 1 is 0.968 bits per heavy atom. The maximum Gasteiger partial charge on any atom is 0.329 e. The van der Waals surface area contributed by atoms with Gasteiger partial charge in [-0.3, -0.25) is 14.4 Å². The van der Waals surface area contributed by atoms with E-state index in [4.69, 9.17) is 4.74 Å². The van der Waals surface area contributed by atoms with Gasteiger partial charge in [0, 0.05) is 19.6 Å². The van der Waals surface area contributed by atoms with Crippen molar-refractivity contribution in [2.75, 3.05) is 19.7 Å². The largest absolute Gasteiger partial charge is 0.484 e. The van der Waals surface area contributed by atoms with Crippen molar-refractivity contribution in [2.24, 2.45) is 5.10 Å². The zero-order valence-electron chi connectivity index (χ0n) is 17.3. The molecule has 1 heterocycles. The number of likely N-dealkylation sites (tertiary alicyclic amines) is 1. The second kappa shape index (κ2) is 11.5. The lowest BCUT2D eigenvalue weighted by Crippen LogP contribution is -2.43. The van der Waals surface area contributed by atoms with E-state index < -0.39 is 11.8 Å². The van der Waals surface area contributed by atoms with E-state index in [0.29, 0.717) is 30.9 Å². The van der Waals surface area contributed by atoms with Crippen molar-refractivity contribution >= 4 is 23.9 Å². The van der Waals surface area contributed by atoms with Crippen LogP contribution in [0.3, 0.4) is 0 Å². The molecule has 8 nitrogen and oxygen atoms in total. The van der Waals surface area contributed by atoms with Gasteiger partial charge in [-0.15, -0.1) is 0 Å². The number of hydrogen-bond acceptors (Lipinski definition) is 5. The molecule has 0 unspecified atom stereocenters. The third-order valence-electron chi connectivity index (χ3n) is 4.80. The molecule has 2 aromatic rings. The van der Waals surface area contributed by atoms with E-state index in [1.165, 1.54) is 6.21 Å². The summed E-state index contributed by atoms with van der Waals surface area (Å²) in [5.41, 5.74) is 4.00. The average molecular weight is 422 g/mol. The monoisotopic (exact) mass is 422 g/mol. The first-order valence-electron chi connectivity index (χ1n) is 10.3. The lowest BCUT2D eigenvalue weighted by atomic mass is 10.1. The van der Waals surface area contributed by atoms with Crippen LogP contribution in [-0.2, 0) is 20.9 Å². The molecule has 0 spiro atoms. The molecule has 1 aliphatic rings. The van der Waals surface area contributed by atoms with Crippen LogP contribution in [0.4, 0.5) is 0 Å². The highest BCUT2D eigenvalue weighted by molar-refractivity contribution is 6.35. The molecule has 31 heavy (non-hydrogen) atoms. The number of benzene rings is 2. The van der Waals surface area contributed by atoms with Gasteiger partial charge in [0.05, 0.1) is 6.21 Å². The molecule has 1 fully saturated rings. The van der Waals surface area contributed by atoms with Crippen LogP contribution in [0.15, 0.2) is 59.7 Å². The number of carbonyl (C=O) groups is 3. The molecule has 8 heteroatoms. The molecular weight excluding hydrogens is 396 g/mol. The zero-order valence-corrected chi connectivity index (χ0v) is 17.3. The smallest absolute Gasteiger partial charge is 0.329 e. The molecule has 3 amide bonds. The van der Waals surface area contributed by atoms with Gasteiger partial charge in [0.1, 0.15) is 5.75 Å². The lowest BCUT2D eigenvalue weighted by molar-refractivity contribution is -0.146. The molecule has 3 rings (SSSR count). The molecule has 0 radical (unpaired) electrons. The molecule has 162 valence electrons. The van der Waals surface area contributed by atoms with Gasteiger partial charge in [-0.1, -0.05) is 30.3 Å². The minimum atomic E-state index is -0.736. The normalized spacial score (nSPS) is 13.6. The number of hydrazone groups is 1.